The molecule has 0 aliphatic heterocycles. The van der Waals surface area contributed by atoms with Crippen molar-refractivity contribution in [3.8, 4) is 17.0 Å². The Hall–Kier alpha value is -3.65. The van der Waals surface area contributed by atoms with Crippen LogP contribution >= 0.6 is 0 Å². The molecule has 0 bridgehead atoms. The number of methoxy groups -OCH3 is 2. The number of nitrogens with zero attached hydrogens (tertiary/aromatic N) is 2. The molecule has 0 amide bonds. The predicted octanol–water partition coefficient (Wildman–Crippen LogP) is 3.48. The molecule has 8 nitrogen and oxygen atoms in total. The highest BCUT2D eigenvalue weighted by Crippen LogP contribution is 2.28. The Morgan fingerprint density at radius 3 is 2.53 bits per heavy atom. The Morgan fingerprint density at radius 2 is 1.87 bits per heavy atom. The standard InChI is InChI=1S/C22H24N4O4/c1-14(13-27)23-22-25-18(15-7-5-4-6-8-15)12-20(26-22)24-16-9-10-17(21(28)30-3)19(11-16)29-2/h4-12,14,27H,13H2,1-3H3,(H2,23,24,25,26)/t14-/m1/s1. The van der Waals surface area contributed by atoms with Gasteiger partial charge in [0.2, 0.25) is 5.95 Å². The lowest BCUT2D eigenvalue weighted by Gasteiger charge is -2.15. The zero-order chi connectivity index (χ0) is 21.5. The summed E-state index contributed by atoms with van der Waals surface area (Å²) in [5, 5.41) is 15.7. The zero-order valence-electron chi connectivity index (χ0n) is 17.0. The van der Waals surface area contributed by atoms with Crippen molar-refractivity contribution in [3.63, 3.8) is 0 Å². The molecule has 0 unspecified atom stereocenters. The number of carbonyl (C=O) groups is 1. The van der Waals surface area contributed by atoms with Crippen molar-refractivity contribution < 1.29 is 19.4 Å². The molecule has 0 radical (unpaired) electrons. The van der Waals surface area contributed by atoms with Crippen LogP contribution in [0.5, 0.6) is 5.75 Å². The second kappa shape index (κ2) is 9.71. The Kier molecular flexibility index (Phi) is 6.82. The number of aliphatic hydroxyl groups excluding tert-OH is 1. The van der Waals surface area contributed by atoms with E-state index in [2.05, 4.69) is 20.6 Å². The van der Waals surface area contributed by atoms with Gasteiger partial charge in [-0.05, 0) is 19.1 Å². The summed E-state index contributed by atoms with van der Waals surface area (Å²) in [5.74, 6) is 0.843. The van der Waals surface area contributed by atoms with Crippen LogP contribution in [-0.4, -0.2) is 47.9 Å². The summed E-state index contributed by atoms with van der Waals surface area (Å²) in [7, 11) is 2.81. The monoisotopic (exact) mass is 408 g/mol. The third kappa shape index (κ3) is 5.03. The number of nitrogens with one attached hydrogen (secondary N) is 2. The van der Waals surface area contributed by atoms with Crippen LogP contribution in [0.3, 0.4) is 0 Å². The number of benzene rings is 2. The van der Waals surface area contributed by atoms with Gasteiger partial charge in [-0.1, -0.05) is 30.3 Å². The summed E-state index contributed by atoms with van der Waals surface area (Å²) in [5.41, 5.74) is 2.66. The highest BCUT2D eigenvalue weighted by molar-refractivity contribution is 5.93. The quantitative estimate of drug-likeness (QED) is 0.487. The zero-order valence-corrected chi connectivity index (χ0v) is 17.0. The molecule has 1 aromatic heterocycles. The van der Waals surface area contributed by atoms with Gasteiger partial charge in [-0.2, -0.15) is 4.98 Å². The summed E-state index contributed by atoms with van der Waals surface area (Å²) in [6.07, 6.45) is 0. The molecule has 0 saturated carbocycles. The first kappa shape index (κ1) is 21.1. The first-order valence-electron chi connectivity index (χ1n) is 9.39. The lowest BCUT2D eigenvalue weighted by atomic mass is 10.1. The molecule has 0 saturated heterocycles. The van der Waals surface area contributed by atoms with Gasteiger partial charge in [0.1, 0.15) is 17.1 Å². The van der Waals surface area contributed by atoms with Crippen LogP contribution in [0, 0.1) is 0 Å². The second-order valence-electron chi connectivity index (χ2n) is 6.59. The molecular formula is C22H24N4O4. The number of ether oxygens (including phenoxy) is 2. The van der Waals surface area contributed by atoms with E-state index in [1.54, 1.807) is 18.2 Å². The minimum absolute atomic E-state index is 0.0477. The molecule has 3 aromatic rings. The van der Waals surface area contributed by atoms with Crippen LogP contribution in [0.2, 0.25) is 0 Å². The number of hydrogen-bond acceptors (Lipinski definition) is 8. The number of aromatic nitrogens is 2. The van der Waals surface area contributed by atoms with Gasteiger partial charge in [-0.25, -0.2) is 9.78 Å². The van der Waals surface area contributed by atoms with Gasteiger partial charge >= 0.3 is 5.97 Å². The second-order valence-corrected chi connectivity index (χ2v) is 6.59. The van der Waals surface area contributed by atoms with Crippen LogP contribution in [0.4, 0.5) is 17.5 Å². The molecule has 0 aliphatic rings. The van der Waals surface area contributed by atoms with Crippen molar-refractivity contribution >= 4 is 23.4 Å². The van der Waals surface area contributed by atoms with Crippen molar-refractivity contribution in [3.05, 3.63) is 60.2 Å². The SMILES string of the molecule is COC(=O)c1ccc(Nc2cc(-c3ccccc3)nc(N[C@H](C)CO)n2)cc1OC. The maximum Gasteiger partial charge on any atom is 0.341 e. The fraction of sp³-hybridized carbons (Fsp3) is 0.227. The highest BCUT2D eigenvalue weighted by Gasteiger charge is 2.14. The van der Waals surface area contributed by atoms with Gasteiger partial charge < -0.3 is 25.2 Å². The molecule has 1 heterocycles. The Labute approximate surface area is 174 Å². The van der Waals surface area contributed by atoms with Crippen molar-refractivity contribution in [1.29, 1.82) is 0 Å². The van der Waals surface area contributed by atoms with Crippen molar-refractivity contribution in [2.24, 2.45) is 0 Å². The van der Waals surface area contributed by atoms with Crippen LogP contribution in [0.1, 0.15) is 17.3 Å². The molecular weight excluding hydrogens is 384 g/mol. The lowest BCUT2D eigenvalue weighted by Crippen LogP contribution is -2.21. The summed E-state index contributed by atoms with van der Waals surface area (Å²) in [6.45, 7) is 1.79. The highest BCUT2D eigenvalue weighted by atomic mass is 16.5. The average molecular weight is 408 g/mol. The molecule has 8 heteroatoms. The smallest absolute Gasteiger partial charge is 0.341 e. The molecule has 156 valence electrons. The minimum Gasteiger partial charge on any atom is -0.496 e. The molecule has 1 atom stereocenters. The van der Waals surface area contributed by atoms with E-state index in [1.807, 2.05) is 43.3 Å². The Morgan fingerprint density at radius 1 is 1.10 bits per heavy atom. The number of carbonyl (C=O) groups excluding carboxylic acids is 1. The van der Waals surface area contributed by atoms with Gasteiger partial charge in [0, 0.05) is 29.4 Å². The maximum atomic E-state index is 11.9. The molecule has 3 N–H and O–H groups in total. The number of anilines is 3. The normalized spacial score (nSPS) is 11.5. The van der Waals surface area contributed by atoms with Crippen LogP contribution in [0.25, 0.3) is 11.3 Å². The van der Waals surface area contributed by atoms with E-state index in [0.29, 0.717) is 28.8 Å². The molecule has 0 spiro atoms. The average Bonchev–Trinajstić information content (AvgIpc) is 2.78. The van der Waals surface area contributed by atoms with Crippen LogP contribution < -0.4 is 15.4 Å². The van der Waals surface area contributed by atoms with Crippen molar-refractivity contribution in [2.45, 2.75) is 13.0 Å². The first-order valence-corrected chi connectivity index (χ1v) is 9.39. The van der Waals surface area contributed by atoms with E-state index in [1.165, 1.54) is 14.2 Å². The number of aliphatic hydroxyl groups is 1. The van der Waals surface area contributed by atoms with E-state index in [4.69, 9.17) is 9.47 Å². The molecule has 3 rings (SSSR count). The number of esters is 1. The third-order valence-electron chi connectivity index (χ3n) is 4.32. The summed E-state index contributed by atoms with van der Waals surface area (Å²) < 4.78 is 10.1. The van der Waals surface area contributed by atoms with Crippen LogP contribution in [0.15, 0.2) is 54.6 Å². The lowest BCUT2D eigenvalue weighted by molar-refractivity contribution is 0.0597. The number of hydrogen-bond donors (Lipinski definition) is 3. The first-order chi connectivity index (χ1) is 14.5. The van der Waals surface area contributed by atoms with Gasteiger partial charge in [0.25, 0.3) is 0 Å². The maximum absolute atomic E-state index is 11.9. The predicted molar refractivity (Wildman–Crippen MR) is 115 cm³/mol. The summed E-state index contributed by atoms with van der Waals surface area (Å²) >= 11 is 0. The van der Waals surface area contributed by atoms with E-state index in [9.17, 15) is 9.90 Å². The van der Waals surface area contributed by atoms with Gasteiger partial charge in [-0.15, -0.1) is 0 Å². The largest absolute Gasteiger partial charge is 0.496 e. The minimum atomic E-state index is -0.476. The summed E-state index contributed by atoms with van der Waals surface area (Å²) in [6, 6.07) is 16.4. The molecule has 30 heavy (non-hydrogen) atoms. The fourth-order valence-electron chi connectivity index (χ4n) is 2.79. The van der Waals surface area contributed by atoms with E-state index >= 15 is 0 Å². The summed E-state index contributed by atoms with van der Waals surface area (Å²) in [4.78, 5) is 20.9. The fourth-order valence-corrected chi connectivity index (χ4v) is 2.79. The topological polar surface area (TPSA) is 106 Å². The Balaban J connectivity index is 1.96. The van der Waals surface area contributed by atoms with Gasteiger partial charge in [0.15, 0.2) is 0 Å². The molecule has 0 aliphatic carbocycles. The van der Waals surface area contributed by atoms with Gasteiger partial charge in [0.05, 0.1) is 26.5 Å². The molecule has 2 aromatic carbocycles. The third-order valence-corrected chi connectivity index (χ3v) is 4.32. The van der Waals surface area contributed by atoms with Crippen LogP contribution in [-0.2, 0) is 4.74 Å². The molecule has 0 fully saturated rings. The van der Waals surface area contributed by atoms with Crippen molar-refractivity contribution in [2.75, 3.05) is 31.5 Å². The van der Waals surface area contributed by atoms with E-state index in [0.717, 1.165) is 11.3 Å². The van der Waals surface area contributed by atoms with Gasteiger partial charge in [-0.3, -0.25) is 0 Å². The van der Waals surface area contributed by atoms with E-state index < -0.39 is 5.97 Å². The number of rotatable bonds is 8. The Bertz CT molecular complexity index is 1010. The van der Waals surface area contributed by atoms with E-state index in [-0.39, 0.29) is 12.6 Å². The van der Waals surface area contributed by atoms with Crippen molar-refractivity contribution in [1.82, 2.24) is 9.97 Å².